The minimum absolute atomic E-state index is 0.190. The van der Waals surface area contributed by atoms with E-state index >= 15 is 0 Å². The Labute approximate surface area is 269 Å². The lowest BCUT2D eigenvalue weighted by atomic mass is 10.0. The smallest absolute Gasteiger partial charge is 0.318 e. The molecule has 2 aromatic carbocycles. The molecule has 0 saturated carbocycles. The number of aliphatic hydroxyl groups is 1. The minimum atomic E-state index is -0.312. The van der Waals surface area contributed by atoms with Gasteiger partial charge in [0.2, 0.25) is 5.91 Å². The summed E-state index contributed by atoms with van der Waals surface area (Å²) in [5, 5.41) is 21.7. The molecule has 0 unspecified atom stereocenters. The lowest BCUT2D eigenvalue weighted by Crippen LogP contribution is -2.44. The van der Waals surface area contributed by atoms with Crippen molar-refractivity contribution in [1.29, 1.82) is 5.26 Å². The number of rotatable bonds is 8. The second kappa shape index (κ2) is 14.0. The summed E-state index contributed by atoms with van der Waals surface area (Å²) in [7, 11) is 2.13. The first-order valence-corrected chi connectivity index (χ1v) is 16.2. The molecule has 2 saturated heterocycles. The molecule has 3 aliphatic heterocycles. The Morgan fingerprint density at radius 1 is 1.11 bits per heavy atom. The minimum Gasteiger partial charge on any atom is -0.462 e. The molecule has 11 heteroatoms. The van der Waals surface area contributed by atoms with Crippen molar-refractivity contribution >= 4 is 39.8 Å². The van der Waals surface area contributed by atoms with Crippen molar-refractivity contribution in [2.75, 3.05) is 62.8 Å². The summed E-state index contributed by atoms with van der Waals surface area (Å²) in [6.07, 6.45) is 6.74. The molecule has 45 heavy (non-hydrogen) atoms. The number of halogens is 1. The number of likely N-dealkylation sites (tertiary alicyclic amines) is 1. The Kier molecular flexibility index (Phi) is 9.69. The van der Waals surface area contributed by atoms with Gasteiger partial charge in [-0.1, -0.05) is 41.9 Å². The molecule has 2 atom stereocenters. The van der Waals surface area contributed by atoms with Crippen molar-refractivity contribution in [3.8, 4) is 12.1 Å². The number of amides is 1. The Bertz CT molecular complexity index is 1600. The van der Waals surface area contributed by atoms with Crippen LogP contribution in [0.3, 0.4) is 0 Å². The van der Waals surface area contributed by atoms with Crippen LogP contribution in [0.5, 0.6) is 6.01 Å². The van der Waals surface area contributed by atoms with Crippen LogP contribution in [-0.2, 0) is 17.8 Å². The van der Waals surface area contributed by atoms with Crippen LogP contribution in [-0.4, -0.2) is 95.9 Å². The molecule has 236 valence electrons. The fourth-order valence-corrected chi connectivity index (χ4v) is 7.17. The summed E-state index contributed by atoms with van der Waals surface area (Å²) in [4.78, 5) is 31.6. The molecule has 2 fully saturated rings. The van der Waals surface area contributed by atoms with Crippen molar-refractivity contribution in [3.63, 3.8) is 0 Å². The number of anilines is 2. The van der Waals surface area contributed by atoms with E-state index in [4.69, 9.17) is 26.3 Å². The zero-order chi connectivity index (χ0) is 31.3. The number of carbonyl (C=O) groups excluding carboxylic acids is 1. The van der Waals surface area contributed by atoms with Gasteiger partial charge in [0.15, 0.2) is 0 Å². The fourth-order valence-electron chi connectivity index (χ4n) is 6.89. The van der Waals surface area contributed by atoms with Gasteiger partial charge in [0, 0.05) is 54.9 Å². The van der Waals surface area contributed by atoms with Crippen molar-refractivity contribution in [1.82, 2.24) is 19.8 Å². The van der Waals surface area contributed by atoms with Gasteiger partial charge in [0.05, 0.1) is 42.4 Å². The van der Waals surface area contributed by atoms with Crippen LogP contribution in [0.25, 0.3) is 10.8 Å². The van der Waals surface area contributed by atoms with E-state index < -0.39 is 0 Å². The fraction of sp³-hybridized carbons (Fsp3) is 0.471. The normalized spacial score (nSPS) is 20.8. The zero-order valence-electron chi connectivity index (χ0n) is 25.7. The van der Waals surface area contributed by atoms with E-state index in [9.17, 15) is 15.2 Å². The van der Waals surface area contributed by atoms with Crippen LogP contribution >= 0.6 is 11.6 Å². The third kappa shape index (κ3) is 6.71. The first-order valence-electron chi connectivity index (χ1n) is 15.8. The van der Waals surface area contributed by atoms with Gasteiger partial charge in [-0.25, -0.2) is 0 Å². The third-order valence-corrected chi connectivity index (χ3v) is 9.56. The Morgan fingerprint density at radius 2 is 1.96 bits per heavy atom. The third-order valence-electron chi connectivity index (χ3n) is 9.25. The van der Waals surface area contributed by atoms with E-state index in [2.05, 4.69) is 52.1 Å². The monoisotopic (exact) mass is 629 g/mol. The molecule has 1 aromatic heterocycles. The van der Waals surface area contributed by atoms with Gasteiger partial charge in [0.25, 0.3) is 0 Å². The predicted octanol–water partition coefficient (Wildman–Crippen LogP) is 4.19. The standard InChI is InChI=1S/C34H40ClN7O3/c1-39-16-4-9-26(39)23-45-34-37-29-22-40(30-11-3-8-24-7-2-10-28(35)32(24)30)19-14-27(29)33(38-34)41-17-6-18-42(25(21-41)13-15-36)31(44)12-5-20-43/h2-3,5,7-8,10-12,25-26,43H,4,6,9,13-14,16-23H2,1H3/b12-5+/t25-,26-/m0/s1. The van der Waals surface area contributed by atoms with E-state index in [-0.39, 0.29) is 25.0 Å². The Morgan fingerprint density at radius 3 is 2.73 bits per heavy atom. The summed E-state index contributed by atoms with van der Waals surface area (Å²) in [6.45, 7) is 4.42. The number of hydrogen-bond acceptors (Lipinski definition) is 9. The van der Waals surface area contributed by atoms with E-state index in [0.717, 1.165) is 77.3 Å². The molecule has 1 amide bonds. The number of aromatic nitrogens is 2. The molecule has 4 heterocycles. The molecule has 1 N–H and O–H groups in total. The van der Waals surface area contributed by atoms with E-state index in [1.54, 1.807) is 4.90 Å². The molecule has 0 radical (unpaired) electrons. The lowest BCUT2D eigenvalue weighted by Gasteiger charge is -2.35. The number of carbonyl (C=O) groups is 1. The maximum atomic E-state index is 13.0. The quantitative estimate of drug-likeness (QED) is 0.367. The average Bonchev–Trinajstić information content (AvgIpc) is 3.35. The van der Waals surface area contributed by atoms with Crippen molar-refractivity contribution in [2.45, 2.75) is 50.7 Å². The summed E-state index contributed by atoms with van der Waals surface area (Å²) >= 11 is 6.72. The molecule has 0 aliphatic carbocycles. The summed E-state index contributed by atoms with van der Waals surface area (Å²) in [6, 6.07) is 14.9. The molecule has 10 nitrogen and oxygen atoms in total. The summed E-state index contributed by atoms with van der Waals surface area (Å²) in [5.74, 6) is 0.637. The van der Waals surface area contributed by atoms with E-state index in [0.29, 0.717) is 44.8 Å². The highest BCUT2D eigenvalue weighted by atomic mass is 35.5. The highest BCUT2D eigenvalue weighted by Crippen LogP contribution is 2.37. The molecule has 0 bridgehead atoms. The van der Waals surface area contributed by atoms with Crippen LogP contribution in [0.15, 0.2) is 48.6 Å². The number of likely N-dealkylation sites (N-methyl/N-ethyl adjacent to an activating group) is 1. The molecule has 3 aromatic rings. The second-order valence-corrected chi connectivity index (χ2v) is 12.5. The lowest BCUT2D eigenvalue weighted by molar-refractivity contribution is -0.127. The van der Waals surface area contributed by atoms with Crippen molar-refractivity contribution < 1.29 is 14.6 Å². The van der Waals surface area contributed by atoms with E-state index in [1.165, 1.54) is 12.2 Å². The van der Waals surface area contributed by atoms with Gasteiger partial charge >= 0.3 is 6.01 Å². The van der Waals surface area contributed by atoms with Crippen LogP contribution < -0.4 is 14.5 Å². The van der Waals surface area contributed by atoms with Crippen LogP contribution in [0.4, 0.5) is 11.5 Å². The Hall–Kier alpha value is -3.91. The first-order chi connectivity index (χ1) is 22.0. The number of ether oxygens (including phenoxy) is 1. The van der Waals surface area contributed by atoms with Crippen LogP contribution in [0.2, 0.25) is 5.02 Å². The Balaban J connectivity index is 1.34. The van der Waals surface area contributed by atoms with Crippen LogP contribution in [0, 0.1) is 11.3 Å². The molecule has 0 spiro atoms. The second-order valence-electron chi connectivity index (χ2n) is 12.1. The summed E-state index contributed by atoms with van der Waals surface area (Å²) in [5.41, 5.74) is 3.08. The topological polar surface area (TPSA) is 109 Å². The highest BCUT2D eigenvalue weighted by Gasteiger charge is 2.32. The number of hydrogen-bond donors (Lipinski definition) is 1. The van der Waals surface area contributed by atoms with Gasteiger partial charge in [-0.2, -0.15) is 15.2 Å². The molecular weight excluding hydrogens is 590 g/mol. The summed E-state index contributed by atoms with van der Waals surface area (Å²) < 4.78 is 6.32. The number of fused-ring (bicyclic) bond motifs is 2. The van der Waals surface area contributed by atoms with E-state index in [1.807, 2.05) is 12.1 Å². The number of nitrogens with zero attached hydrogens (tertiary/aromatic N) is 7. The van der Waals surface area contributed by atoms with Gasteiger partial charge in [-0.15, -0.1) is 0 Å². The molecule has 3 aliphatic rings. The van der Waals surface area contributed by atoms with Gasteiger partial charge < -0.3 is 29.4 Å². The molecular formula is C34H40ClN7O3. The van der Waals surface area contributed by atoms with Crippen LogP contribution in [0.1, 0.15) is 36.9 Å². The number of benzene rings is 2. The van der Waals surface area contributed by atoms with Gasteiger partial charge in [-0.05, 0) is 56.8 Å². The van der Waals surface area contributed by atoms with Gasteiger partial charge in [-0.3, -0.25) is 4.79 Å². The molecule has 6 rings (SSSR count). The first kappa shape index (κ1) is 31.1. The van der Waals surface area contributed by atoms with Crippen molar-refractivity contribution in [3.05, 3.63) is 64.8 Å². The largest absolute Gasteiger partial charge is 0.462 e. The SMILES string of the molecule is CN1CCC[C@H]1COc1nc2c(c(N3CCCN(C(=O)/C=C/CO)[C@@H](CC#N)C3)n1)CCN(c1cccc3cccc(Cl)c13)C2. The zero-order valence-corrected chi connectivity index (χ0v) is 26.5. The number of aliphatic hydroxyl groups excluding tert-OH is 1. The average molecular weight is 630 g/mol. The highest BCUT2D eigenvalue weighted by molar-refractivity contribution is 6.36. The van der Waals surface area contributed by atoms with Gasteiger partial charge in [0.1, 0.15) is 12.4 Å². The number of nitriles is 1. The van der Waals surface area contributed by atoms with Crippen molar-refractivity contribution in [2.24, 2.45) is 0 Å². The predicted molar refractivity (Wildman–Crippen MR) is 176 cm³/mol. The maximum absolute atomic E-state index is 13.0. The maximum Gasteiger partial charge on any atom is 0.318 e.